The Labute approximate surface area is 537 Å². The van der Waals surface area contributed by atoms with Crippen molar-refractivity contribution in [1.82, 2.24) is 65.5 Å². The first kappa shape index (κ1) is 66.9. The number of aryl methyl sites for hydroxylation is 1. The Balaban J connectivity index is 0.722. The van der Waals surface area contributed by atoms with Crippen LogP contribution in [0.1, 0.15) is 132 Å². The van der Waals surface area contributed by atoms with Gasteiger partial charge in [0.05, 0.1) is 43.9 Å². The first-order chi connectivity index (χ1) is 43.5. The Morgan fingerprint density at radius 1 is 0.846 bits per heavy atom. The number of anilines is 1. The summed E-state index contributed by atoms with van der Waals surface area (Å²) in [5, 5.41) is 19.4. The first-order valence-corrected chi connectivity index (χ1v) is 31.9. The molecule has 488 valence electrons. The van der Waals surface area contributed by atoms with Crippen molar-refractivity contribution in [3.8, 4) is 11.5 Å². The monoisotopic (exact) mass is 1270 g/mol. The summed E-state index contributed by atoms with van der Waals surface area (Å²) >= 11 is 6.34. The summed E-state index contributed by atoms with van der Waals surface area (Å²) in [6.45, 7) is 18.4. The molecule has 6 aromatic rings. The van der Waals surface area contributed by atoms with Gasteiger partial charge in [-0.05, 0) is 134 Å². The van der Waals surface area contributed by atoms with Gasteiger partial charge in [0.25, 0.3) is 5.91 Å². The fraction of sp³-hybridized carbons (Fsp3) is 0.515. The van der Waals surface area contributed by atoms with Gasteiger partial charge in [0, 0.05) is 119 Å². The third-order valence-electron chi connectivity index (χ3n) is 16.6. The van der Waals surface area contributed by atoms with Crippen LogP contribution in [-0.4, -0.2) is 188 Å². The average molecular weight is 1270 g/mol. The second-order valence-electron chi connectivity index (χ2n) is 25.5. The number of piperidine rings is 2. The Kier molecular flexibility index (Phi) is 22.1. The number of halogens is 1. The topological polar surface area (TPSA) is 264 Å². The molecule has 4 N–H and O–H groups in total. The molecule has 0 bridgehead atoms. The molecule has 2 atom stereocenters. The Bertz CT molecular complexity index is 3480. The van der Waals surface area contributed by atoms with Crippen LogP contribution >= 0.6 is 11.6 Å². The minimum Gasteiger partial charge on any atom is -0.497 e. The number of carbonyl (C=O) groups excluding carboxylic acids is 6. The lowest BCUT2D eigenvalue weighted by Gasteiger charge is -2.42. The number of alkyl carbamates (subject to hydrolysis) is 1. The summed E-state index contributed by atoms with van der Waals surface area (Å²) in [6.07, 6.45) is 7.28. The SMILES string of the molecule is CCOc1cc(OC)ccc1CN(CC(=O)N1CCCC(c2cccc(C(=O)NCCc3cn(CCC(=O)N4CCN(CC[C@H](NC(=O)C5(NC(=O)OC(C)(C)C)CCN(c6ncnc7[nH]ccc67)CC5)c5ccc(Cl)cc5)CC4)nn3)c2)C1)C(=O)OC(C)(C)C. The second-order valence-corrected chi connectivity index (χ2v) is 25.9. The maximum Gasteiger partial charge on any atom is 0.411 e. The lowest BCUT2D eigenvalue weighted by atomic mass is 9.85. The number of amides is 6. The number of piperazine rings is 1. The number of ether oxygens (including phenoxy) is 4. The van der Waals surface area contributed by atoms with E-state index < -0.39 is 35.0 Å². The van der Waals surface area contributed by atoms with E-state index in [1.54, 1.807) is 94.8 Å². The summed E-state index contributed by atoms with van der Waals surface area (Å²) in [6, 6.07) is 21.8. The minimum atomic E-state index is -1.27. The summed E-state index contributed by atoms with van der Waals surface area (Å²) in [7, 11) is 1.57. The van der Waals surface area contributed by atoms with E-state index in [-0.39, 0.29) is 49.1 Å². The number of methoxy groups -OCH3 is 1. The largest absolute Gasteiger partial charge is 0.497 e. The molecule has 91 heavy (non-hydrogen) atoms. The maximum atomic E-state index is 14.8. The molecule has 6 heterocycles. The van der Waals surface area contributed by atoms with Crippen LogP contribution in [0.2, 0.25) is 5.02 Å². The van der Waals surface area contributed by atoms with Gasteiger partial charge < -0.3 is 54.6 Å². The number of nitrogens with one attached hydrogen (secondary N) is 4. The van der Waals surface area contributed by atoms with Gasteiger partial charge in [0.1, 0.15) is 52.6 Å². The molecule has 6 amide bonds. The highest BCUT2D eigenvalue weighted by Gasteiger charge is 2.45. The van der Waals surface area contributed by atoms with Gasteiger partial charge >= 0.3 is 12.2 Å². The highest BCUT2D eigenvalue weighted by atomic mass is 35.5. The maximum absolute atomic E-state index is 14.8. The Hall–Kier alpha value is -8.51. The quantitative estimate of drug-likeness (QED) is 0.0472. The van der Waals surface area contributed by atoms with Crippen LogP contribution in [0.15, 0.2) is 91.5 Å². The fourth-order valence-electron chi connectivity index (χ4n) is 11.8. The molecule has 25 heteroatoms. The van der Waals surface area contributed by atoms with Crippen molar-refractivity contribution in [3.63, 3.8) is 0 Å². The van der Waals surface area contributed by atoms with Gasteiger partial charge in [-0.1, -0.05) is 41.1 Å². The molecule has 24 nitrogen and oxygen atoms in total. The van der Waals surface area contributed by atoms with Crippen molar-refractivity contribution in [3.05, 3.63) is 124 Å². The first-order valence-electron chi connectivity index (χ1n) is 31.5. The van der Waals surface area contributed by atoms with Crippen LogP contribution in [0, 0.1) is 0 Å². The molecular weight excluding hydrogens is 1180 g/mol. The number of benzene rings is 3. The predicted molar refractivity (Wildman–Crippen MR) is 344 cm³/mol. The number of aromatic amines is 1. The van der Waals surface area contributed by atoms with Gasteiger partial charge in [0.15, 0.2) is 0 Å². The standard InChI is InChI=1S/C66H87ClN14O10/c1-9-89-55-39-52(88-8)20-17-49(55)41-80(63(87)91-65(5,6)7)43-57(83)79-29-11-14-48(40-79)46-12-10-13-47(38-46)60(84)69-27-21-51-42-81(75-74-51)31-24-56(82)77-36-34-76(35-37-77)30-23-54(45-15-18-50(67)19-16-45)72-61(85)66(73-62(86)90-64(2,3)4)25-32-78(33-26-66)59-53-22-28-68-58(53)70-44-71-59/h10,12-13,15-20,22,28,38-39,42,44,48,54H,9,11,14,21,23-27,29-37,40-41,43H2,1-8H3,(H,69,84)(H,72,85)(H,73,86)(H,68,70,71)/t48?,54-/m0/s1. The van der Waals surface area contributed by atoms with Crippen LogP contribution in [0.4, 0.5) is 15.4 Å². The predicted octanol–water partition coefficient (Wildman–Crippen LogP) is 8.07. The lowest BCUT2D eigenvalue weighted by Crippen LogP contribution is -2.64. The number of likely N-dealkylation sites (tertiary alicyclic amines) is 1. The molecule has 0 radical (unpaired) electrons. The minimum absolute atomic E-state index is 0.0124. The molecule has 0 spiro atoms. The van der Waals surface area contributed by atoms with E-state index >= 15 is 0 Å². The number of rotatable bonds is 23. The summed E-state index contributed by atoms with van der Waals surface area (Å²) < 4.78 is 24.4. The molecule has 9 rings (SSSR count). The van der Waals surface area contributed by atoms with Gasteiger partial charge in [0.2, 0.25) is 17.7 Å². The molecular formula is C66H87ClN14O10. The molecule has 3 aromatic carbocycles. The average Bonchev–Trinajstić information content (AvgIpc) is 1.75. The zero-order chi connectivity index (χ0) is 64.9. The zero-order valence-electron chi connectivity index (χ0n) is 53.6. The smallest absolute Gasteiger partial charge is 0.411 e. The number of nitrogens with zero attached hydrogens (tertiary/aromatic N) is 10. The molecule has 3 aliphatic heterocycles. The zero-order valence-corrected chi connectivity index (χ0v) is 54.4. The van der Waals surface area contributed by atoms with E-state index in [4.69, 9.17) is 30.5 Å². The normalized spacial score (nSPS) is 16.6. The van der Waals surface area contributed by atoms with Crippen molar-refractivity contribution in [2.24, 2.45) is 0 Å². The van der Waals surface area contributed by atoms with Crippen LogP contribution in [0.3, 0.4) is 0 Å². The number of hydrogen-bond donors (Lipinski definition) is 4. The lowest BCUT2D eigenvalue weighted by molar-refractivity contribution is -0.134. The number of aromatic nitrogens is 6. The molecule has 1 unspecified atom stereocenters. The Morgan fingerprint density at radius 2 is 1.60 bits per heavy atom. The van der Waals surface area contributed by atoms with Crippen LogP contribution in [0.25, 0.3) is 11.0 Å². The van der Waals surface area contributed by atoms with Gasteiger partial charge in [-0.25, -0.2) is 19.6 Å². The third kappa shape index (κ3) is 18.4. The summed E-state index contributed by atoms with van der Waals surface area (Å²) in [5.74, 6) is 1.16. The van der Waals surface area contributed by atoms with E-state index in [0.717, 1.165) is 40.8 Å². The summed E-state index contributed by atoms with van der Waals surface area (Å²) in [4.78, 5) is 104. The highest BCUT2D eigenvalue weighted by Crippen LogP contribution is 2.33. The van der Waals surface area contributed by atoms with Crippen molar-refractivity contribution in [2.75, 3.05) is 90.6 Å². The third-order valence-corrected chi connectivity index (χ3v) is 16.8. The Morgan fingerprint density at radius 3 is 2.33 bits per heavy atom. The van der Waals surface area contributed by atoms with E-state index in [2.05, 4.69) is 51.0 Å². The molecule has 3 saturated heterocycles. The number of fused-ring (bicyclic) bond motifs is 1. The number of hydrogen-bond acceptors (Lipinski definition) is 16. The number of carbonyl (C=O) groups is 6. The molecule has 3 fully saturated rings. The van der Waals surface area contributed by atoms with Gasteiger partial charge in [-0.2, -0.15) is 0 Å². The molecule has 0 aliphatic carbocycles. The van der Waals surface area contributed by atoms with Crippen molar-refractivity contribution < 1.29 is 47.7 Å². The van der Waals surface area contributed by atoms with Crippen LogP contribution in [-0.2, 0) is 43.4 Å². The summed E-state index contributed by atoms with van der Waals surface area (Å²) in [5.41, 5.74) is 1.60. The molecule has 3 aromatic heterocycles. The molecule has 0 saturated carbocycles. The van der Waals surface area contributed by atoms with Crippen molar-refractivity contribution in [1.29, 1.82) is 0 Å². The van der Waals surface area contributed by atoms with Crippen molar-refractivity contribution in [2.45, 2.75) is 135 Å². The van der Waals surface area contributed by atoms with Gasteiger partial charge in [-0.3, -0.25) is 33.7 Å². The van der Waals surface area contributed by atoms with E-state index in [1.165, 1.54) is 11.2 Å². The fourth-order valence-corrected chi connectivity index (χ4v) is 11.9. The second kappa shape index (κ2) is 30.1. The van der Waals surface area contributed by atoms with E-state index in [1.807, 2.05) is 60.5 Å². The highest BCUT2D eigenvalue weighted by molar-refractivity contribution is 6.30. The van der Waals surface area contributed by atoms with Crippen molar-refractivity contribution >= 4 is 64.3 Å². The van der Waals surface area contributed by atoms with Crippen LogP contribution in [0.5, 0.6) is 11.5 Å². The number of H-pyrrole nitrogens is 1. The van der Waals surface area contributed by atoms with Crippen LogP contribution < -0.4 is 30.3 Å². The van der Waals surface area contributed by atoms with E-state index in [0.29, 0.717) is 138 Å². The van der Waals surface area contributed by atoms with Gasteiger partial charge in [-0.15, -0.1) is 5.10 Å². The van der Waals surface area contributed by atoms with E-state index in [9.17, 15) is 28.8 Å². The molecule has 3 aliphatic rings.